The lowest BCUT2D eigenvalue weighted by Crippen LogP contribution is -2.46. The monoisotopic (exact) mass is 334 g/mol. The van der Waals surface area contributed by atoms with Gasteiger partial charge in [-0.15, -0.1) is 0 Å². The van der Waals surface area contributed by atoms with Crippen LogP contribution in [-0.2, 0) is 14.3 Å². The van der Waals surface area contributed by atoms with Gasteiger partial charge in [-0.1, -0.05) is 12.1 Å². The number of rotatable bonds is 4. The van der Waals surface area contributed by atoms with Gasteiger partial charge in [0.15, 0.2) is 11.5 Å². The molecule has 2 amide bonds. The summed E-state index contributed by atoms with van der Waals surface area (Å²) in [6, 6.07) is 7.26. The smallest absolute Gasteiger partial charge is 0.264 e. The molecule has 3 unspecified atom stereocenters. The van der Waals surface area contributed by atoms with Gasteiger partial charge in [-0.2, -0.15) is 0 Å². The Bertz CT molecular complexity index is 619. The number of amides is 2. The van der Waals surface area contributed by atoms with E-state index in [2.05, 4.69) is 5.32 Å². The number of ether oxygens (including phenoxy) is 3. The molecule has 1 N–H and O–H groups in total. The molecule has 3 atom stereocenters. The molecule has 3 rings (SSSR count). The Hall–Kier alpha value is -2.28. The van der Waals surface area contributed by atoms with E-state index in [1.165, 1.54) is 4.90 Å². The minimum absolute atomic E-state index is 0.0375. The van der Waals surface area contributed by atoms with Crippen molar-refractivity contribution < 1.29 is 23.8 Å². The highest BCUT2D eigenvalue weighted by Crippen LogP contribution is 2.30. The fraction of sp³-hybridized carbons (Fsp3) is 0.529. The first-order valence-electron chi connectivity index (χ1n) is 8.07. The maximum atomic E-state index is 12.2. The van der Waals surface area contributed by atoms with Crippen molar-refractivity contribution in [2.24, 2.45) is 0 Å². The summed E-state index contributed by atoms with van der Waals surface area (Å²) in [5, 5.41) is 2.82. The molecule has 0 spiro atoms. The molecule has 2 heterocycles. The Morgan fingerprint density at radius 2 is 1.92 bits per heavy atom. The summed E-state index contributed by atoms with van der Waals surface area (Å²) in [6.07, 6.45) is 0.173. The maximum absolute atomic E-state index is 12.2. The number of nitrogens with zero attached hydrogens (tertiary/aromatic N) is 1. The molecule has 7 nitrogen and oxygen atoms in total. The summed E-state index contributed by atoms with van der Waals surface area (Å²) in [5.74, 6) is 0.934. The van der Waals surface area contributed by atoms with Crippen LogP contribution >= 0.6 is 0 Å². The molecule has 0 radical (unpaired) electrons. The second-order valence-corrected chi connectivity index (χ2v) is 6.17. The van der Waals surface area contributed by atoms with Crippen molar-refractivity contribution in [3.63, 3.8) is 0 Å². The average molecular weight is 334 g/mol. The Morgan fingerprint density at radius 1 is 1.17 bits per heavy atom. The molecule has 0 bridgehead atoms. The van der Waals surface area contributed by atoms with Crippen molar-refractivity contribution >= 4 is 11.8 Å². The molecule has 0 aliphatic carbocycles. The molecule has 24 heavy (non-hydrogen) atoms. The van der Waals surface area contributed by atoms with Crippen molar-refractivity contribution in [2.75, 3.05) is 27.2 Å². The predicted molar refractivity (Wildman–Crippen MR) is 86.0 cm³/mol. The number of nitrogens with one attached hydrogen (secondary N) is 1. The van der Waals surface area contributed by atoms with Crippen LogP contribution in [0.4, 0.5) is 0 Å². The largest absolute Gasteiger partial charge is 0.485 e. The lowest BCUT2D eigenvalue weighted by Gasteiger charge is -2.26. The van der Waals surface area contributed by atoms with E-state index in [-0.39, 0.29) is 24.5 Å². The zero-order chi connectivity index (χ0) is 17.1. The number of carbonyl (C=O) groups is 2. The SMILES string of the molecule is CN(C)C(=O)C1CCC(CNC(=O)C2COc3ccccc3O2)O1. The van der Waals surface area contributed by atoms with Gasteiger partial charge in [0.05, 0.1) is 6.10 Å². The number of hydrogen-bond donors (Lipinski definition) is 1. The van der Waals surface area contributed by atoms with E-state index in [0.29, 0.717) is 24.5 Å². The van der Waals surface area contributed by atoms with Gasteiger partial charge < -0.3 is 24.4 Å². The third kappa shape index (κ3) is 3.62. The molecular formula is C17H22N2O5. The van der Waals surface area contributed by atoms with Crippen LogP contribution in [0.1, 0.15) is 12.8 Å². The van der Waals surface area contributed by atoms with Crippen LogP contribution in [0.5, 0.6) is 11.5 Å². The van der Waals surface area contributed by atoms with E-state index in [0.717, 1.165) is 6.42 Å². The van der Waals surface area contributed by atoms with Gasteiger partial charge in [-0.3, -0.25) is 9.59 Å². The standard InChI is InChI=1S/C17H22N2O5/c1-19(2)17(21)14-8-7-11(23-14)9-18-16(20)15-10-22-12-5-3-4-6-13(12)24-15/h3-6,11,14-15H,7-10H2,1-2H3,(H,18,20). The number of likely N-dealkylation sites (N-methyl/N-ethyl adjacent to an activating group) is 1. The van der Waals surface area contributed by atoms with Crippen LogP contribution in [0, 0.1) is 0 Å². The first-order chi connectivity index (χ1) is 11.5. The molecule has 2 aliphatic rings. The quantitative estimate of drug-likeness (QED) is 0.871. The third-order valence-corrected chi connectivity index (χ3v) is 4.13. The summed E-state index contributed by atoms with van der Waals surface area (Å²) >= 11 is 0. The number of hydrogen-bond acceptors (Lipinski definition) is 5. The summed E-state index contributed by atoms with van der Waals surface area (Å²) in [4.78, 5) is 25.6. The van der Waals surface area contributed by atoms with Crippen molar-refractivity contribution in [3.05, 3.63) is 24.3 Å². The Kier molecular flexibility index (Phi) is 4.89. The second-order valence-electron chi connectivity index (χ2n) is 6.17. The molecule has 130 valence electrons. The van der Waals surface area contributed by atoms with Crippen LogP contribution in [0.3, 0.4) is 0 Å². The lowest BCUT2D eigenvalue weighted by molar-refractivity contribution is -0.140. The van der Waals surface area contributed by atoms with Crippen LogP contribution < -0.4 is 14.8 Å². The minimum atomic E-state index is -0.680. The van der Waals surface area contributed by atoms with E-state index in [1.807, 2.05) is 12.1 Å². The van der Waals surface area contributed by atoms with Crippen molar-refractivity contribution in [1.82, 2.24) is 10.2 Å². The highest BCUT2D eigenvalue weighted by molar-refractivity contribution is 5.82. The summed E-state index contributed by atoms with van der Waals surface area (Å²) in [7, 11) is 3.41. The van der Waals surface area contributed by atoms with Crippen molar-refractivity contribution in [2.45, 2.75) is 31.2 Å². The number of fused-ring (bicyclic) bond motifs is 1. The van der Waals surface area contributed by atoms with Crippen LogP contribution in [0.2, 0.25) is 0 Å². The van der Waals surface area contributed by atoms with E-state index in [1.54, 1.807) is 26.2 Å². The summed E-state index contributed by atoms with van der Waals surface area (Å²) in [6.45, 7) is 0.535. The summed E-state index contributed by atoms with van der Waals surface area (Å²) < 4.78 is 16.9. The van der Waals surface area contributed by atoms with Gasteiger partial charge in [0, 0.05) is 20.6 Å². The van der Waals surface area contributed by atoms with E-state index in [9.17, 15) is 9.59 Å². The van der Waals surface area contributed by atoms with E-state index in [4.69, 9.17) is 14.2 Å². The normalized spacial score (nSPS) is 25.2. The maximum Gasteiger partial charge on any atom is 0.264 e. The third-order valence-electron chi connectivity index (χ3n) is 4.13. The highest BCUT2D eigenvalue weighted by Gasteiger charge is 2.33. The molecule has 1 aromatic rings. The van der Waals surface area contributed by atoms with Crippen LogP contribution in [0.15, 0.2) is 24.3 Å². The van der Waals surface area contributed by atoms with Crippen molar-refractivity contribution in [1.29, 1.82) is 0 Å². The van der Waals surface area contributed by atoms with Crippen molar-refractivity contribution in [3.8, 4) is 11.5 Å². The van der Waals surface area contributed by atoms with Gasteiger partial charge in [0.1, 0.15) is 12.7 Å². The lowest BCUT2D eigenvalue weighted by atomic mass is 10.2. The van der Waals surface area contributed by atoms with Crippen LogP contribution in [-0.4, -0.2) is 62.3 Å². The number of benzene rings is 1. The Labute approximate surface area is 140 Å². The van der Waals surface area contributed by atoms with E-state index < -0.39 is 12.2 Å². The molecule has 0 saturated carbocycles. The van der Waals surface area contributed by atoms with Gasteiger partial charge in [0.2, 0.25) is 6.10 Å². The molecule has 7 heteroatoms. The molecule has 1 aromatic carbocycles. The average Bonchev–Trinajstić information content (AvgIpc) is 3.07. The first kappa shape index (κ1) is 16.6. The van der Waals surface area contributed by atoms with Gasteiger partial charge >= 0.3 is 0 Å². The molecule has 1 fully saturated rings. The molecule has 0 aromatic heterocycles. The van der Waals surface area contributed by atoms with Gasteiger partial charge in [-0.25, -0.2) is 0 Å². The fourth-order valence-corrected chi connectivity index (χ4v) is 2.80. The zero-order valence-electron chi connectivity index (χ0n) is 13.9. The van der Waals surface area contributed by atoms with Gasteiger partial charge in [-0.05, 0) is 25.0 Å². The first-order valence-corrected chi connectivity index (χ1v) is 8.07. The fourth-order valence-electron chi connectivity index (χ4n) is 2.80. The number of carbonyl (C=O) groups excluding carboxylic acids is 2. The second kappa shape index (κ2) is 7.09. The Morgan fingerprint density at radius 3 is 2.67 bits per heavy atom. The predicted octanol–water partition coefficient (Wildman–Crippen LogP) is 0.578. The van der Waals surface area contributed by atoms with Crippen LogP contribution in [0.25, 0.3) is 0 Å². The Balaban J connectivity index is 1.46. The topological polar surface area (TPSA) is 77.1 Å². The number of para-hydroxylation sites is 2. The van der Waals surface area contributed by atoms with Gasteiger partial charge in [0.25, 0.3) is 11.8 Å². The highest BCUT2D eigenvalue weighted by atomic mass is 16.6. The zero-order valence-corrected chi connectivity index (χ0v) is 13.9. The van der Waals surface area contributed by atoms with E-state index >= 15 is 0 Å². The molecule has 1 saturated heterocycles. The molecule has 2 aliphatic heterocycles. The molecular weight excluding hydrogens is 312 g/mol. The minimum Gasteiger partial charge on any atom is -0.485 e. The summed E-state index contributed by atoms with van der Waals surface area (Å²) in [5.41, 5.74) is 0.